The molecule has 0 aliphatic carbocycles. The van der Waals surface area contributed by atoms with Crippen LogP contribution in [0.2, 0.25) is 0 Å². The molecular formula is C19H24N4O3. The fraction of sp³-hybridized carbons (Fsp3) is 0.421. The smallest absolute Gasteiger partial charge is 0.344 e. The molecule has 0 unspecified atom stereocenters. The number of esters is 1. The van der Waals surface area contributed by atoms with Gasteiger partial charge in [-0.2, -0.15) is 0 Å². The van der Waals surface area contributed by atoms with Crippen LogP contribution in [0, 0.1) is 0 Å². The number of ether oxygens (including phenoxy) is 2. The van der Waals surface area contributed by atoms with Crippen molar-refractivity contribution < 1.29 is 14.3 Å². The fourth-order valence-corrected chi connectivity index (χ4v) is 2.95. The van der Waals surface area contributed by atoms with Crippen molar-refractivity contribution in [1.29, 1.82) is 0 Å². The van der Waals surface area contributed by atoms with Crippen LogP contribution >= 0.6 is 0 Å². The molecule has 0 aliphatic heterocycles. The maximum absolute atomic E-state index is 12.6. The van der Waals surface area contributed by atoms with Crippen LogP contribution in [0.1, 0.15) is 36.5 Å². The number of para-hydroxylation sites is 2. The van der Waals surface area contributed by atoms with Gasteiger partial charge in [-0.05, 0) is 18.6 Å². The molecule has 0 spiro atoms. The molecule has 2 aromatic heterocycles. The van der Waals surface area contributed by atoms with Gasteiger partial charge in [-0.1, -0.05) is 31.9 Å². The number of carbonyl (C=O) groups excluding carboxylic acids is 1. The molecule has 3 rings (SSSR count). The zero-order chi connectivity index (χ0) is 18.5. The molecule has 0 aliphatic rings. The first-order chi connectivity index (χ1) is 12.7. The van der Waals surface area contributed by atoms with Crippen LogP contribution in [0.25, 0.3) is 22.2 Å². The van der Waals surface area contributed by atoms with E-state index in [2.05, 4.69) is 11.9 Å². The quantitative estimate of drug-likeness (QED) is 0.492. The Morgan fingerprint density at radius 2 is 1.88 bits per heavy atom. The highest BCUT2D eigenvalue weighted by Crippen LogP contribution is 2.29. The average Bonchev–Trinajstić information content (AvgIpc) is 2.91. The topological polar surface area (TPSA) is 92.3 Å². The van der Waals surface area contributed by atoms with Gasteiger partial charge in [-0.3, -0.25) is 0 Å². The number of aromatic nitrogens is 3. The van der Waals surface area contributed by atoms with Crippen molar-refractivity contribution >= 4 is 34.0 Å². The summed E-state index contributed by atoms with van der Waals surface area (Å²) in [7, 11) is 1.55. The molecule has 0 fully saturated rings. The molecule has 0 atom stereocenters. The Labute approximate surface area is 152 Å². The Hall–Kier alpha value is -2.67. The molecule has 7 nitrogen and oxygen atoms in total. The molecule has 26 heavy (non-hydrogen) atoms. The number of methoxy groups -OCH3 is 1. The number of rotatable bonds is 8. The van der Waals surface area contributed by atoms with E-state index in [-0.39, 0.29) is 12.2 Å². The predicted molar refractivity (Wildman–Crippen MR) is 101 cm³/mol. The first-order valence-corrected chi connectivity index (χ1v) is 8.87. The number of hydrogen-bond acceptors (Lipinski definition) is 6. The normalized spacial score (nSPS) is 11.3. The van der Waals surface area contributed by atoms with Crippen LogP contribution in [0.15, 0.2) is 24.3 Å². The summed E-state index contributed by atoms with van der Waals surface area (Å²) < 4.78 is 12.1. The van der Waals surface area contributed by atoms with Crippen LogP contribution in [0.5, 0.6) is 0 Å². The largest absolute Gasteiger partial charge is 0.459 e. The van der Waals surface area contributed by atoms with Crippen LogP contribution < -0.4 is 5.73 Å². The monoisotopic (exact) mass is 356 g/mol. The van der Waals surface area contributed by atoms with Crippen molar-refractivity contribution in [1.82, 2.24) is 14.5 Å². The maximum atomic E-state index is 12.6. The van der Waals surface area contributed by atoms with E-state index in [4.69, 9.17) is 20.2 Å². The van der Waals surface area contributed by atoms with Crippen molar-refractivity contribution in [3.8, 4) is 0 Å². The summed E-state index contributed by atoms with van der Waals surface area (Å²) in [6.07, 6.45) is 3.13. The first kappa shape index (κ1) is 18.1. The van der Waals surface area contributed by atoms with Gasteiger partial charge < -0.3 is 19.8 Å². The number of aryl methyl sites for hydroxylation is 1. The second-order valence-corrected chi connectivity index (χ2v) is 6.13. The van der Waals surface area contributed by atoms with Crippen LogP contribution in [-0.4, -0.2) is 40.8 Å². The van der Waals surface area contributed by atoms with Crippen LogP contribution in [0.3, 0.4) is 0 Å². The second kappa shape index (κ2) is 8.14. The number of fused-ring (bicyclic) bond motifs is 2. The lowest BCUT2D eigenvalue weighted by molar-refractivity contribution is 0.0391. The molecule has 2 N–H and O–H groups in total. The number of anilines is 1. The third-order valence-corrected chi connectivity index (χ3v) is 4.30. The Balaban J connectivity index is 2.10. The van der Waals surface area contributed by atoms with E-state index in [0.717, 1.165) is 30.3 Å². The number of nitrogen functional groups attached to an aromatic ring is 1. The van der Waals surface area contributed by atoms with E-state index in [1.807, 2.05) is 28.8 Å². The van der Waals surface area contributed by atoms with Gasteiger partial charge in [0.25, 0.3) is 0 Å². The minimum atomic E-state index is -0.497. The predicted octanol–water partition coefficient (Wildman–Crippen LogP) is 3.16. The van der Waals surface area contributed by atoms with Gasteiger partial charge >= 0.3 is 5.97 Å². The minimum absolute atomic E-state index is 0.165. The summed E-state index contributed by atoms with van der Waals surface area (Å²) in [5.74, 6) is -0.141. The van der Waals surface area contributed by atoms with E-state index in [9.17, 15) is 4.79 Å². The standard InChI is InChI=1S/C19H24N4O3/c1-3-4-7-10-23-17(20)15(19(24)26-12-11-25-2)16-18(23)22-14-9-6-5-8-13(14)21-16/h5-6,8-9H,3-4,7,10-12,20H2,1-2H3. The number of unbranched alkanes of at least 4 members (excludes halogenated alkanes) is 2. The molecule has 138 valence electrons. The summed E-state index contributed by atoms with van der Waals surface area (Å²) in [4.78, 5) is 21.9. The highest BCUT2D eigenvalue weighted by atomic mass is 16.6. The number of nitrogens with two attached hydrogens (primary N) is 1. The second-order valence-electron chi connectivity index (χ2n) is 6.13. The van der Waals surface area contributed by atoms with E-state index >= 15 is 0 Å². The molecule has 0 radical (unpaired) electrons. The van der Waals surface area contributed by atoms with E-state index in [1.54, 1.807) is 7.11 Å². The summed E-state index contributed by atoms with van der Waals surface area (Å²) in [5.41, 5.74) is 9.20. The molecule has 0 saturated carbocycles. The summed E-state index contributed by atoms with van der Waals surface area (Å²) >= 11 is 0. The van der Waals surface area contributed by atoms with E-state index in [0.29, 0.717) is 30.1 Å². The number of carbonyl (C=O) groups is 1. The van der Waals surface area contributed by atoms with Crippen LogP contribution in [-0.2, 0) is 16.0 Å². The molecular weight excluding hydrogens is 332 g/mol. The van der Waals surface area contributed by atoms with Crippen molar-refractivity contribution in [3.05, 3.63) is 29.8 Å². The summed E-state index contributed by atoms with van der Waals surface area (Å²) in [5, 5.41) is 0. The van der Waals surface area contributed by atoms with Gasteiger partial charge in [0.1, 0.15) is 23.5 Å². The zero-order valence-electron chi connectivity index (χ0n) is 15.2. The minimum Gasteiger partial charge on any atom is -0.459 e. The Morgan fingerprint density at radius 3 is 2.58 bits per heavy atom. The van der Waals surface area contributed by atoms with Gasteiger partial charge in [0.15, 0.2) is 5.65 Å². The third kappa shape index (κ3) is 3.48. The zero-order valence-corrected chi connectivity index (χ0v) is 15.2. The highest BCUT2D eigenvalue weighted by molar-refractivity contribution is 6.08. The Bertz CT molecular complexity index is 920. The van der Waals surface area contributed by atoms with Crippen molar-refractivity contribution in [2.45, 2.75) is 32.7 Å². The SMILES string of the molecule is CCCCCn1c(N)c(C(=O)OCCOC)c2nc3ccccc3nc21. The molecule has 0 bridgehead atoms. The summed E-state index contributed by atoms with van der Waals surface area (Å²) in [6.45, 7) is 3.32. The number of benzene rings is 1. The molecule has 0 saturated heterocycles. The van der Waals surface area contributed by atoms with Gasteiger partial charge in [-0.25, -0.2) is 14.8 Å². The lowest BCUT2D eigenvalue weighted by Gasteiger charge is -2.07. The van der Waals surface area contributed by atoms with Gasteiger partial charge in [0.05, 0.1) is 17.6 Å². The average molecular weight is 356 g/mol. The fourth-order valence-electron chi connectivity index (χ4n) is 2.95. The van der Waals surface area contributed by atoms with Gasteiger partial charge in [-0.15, -0.1) is 0 Å². The molecule has 1 aromatic carbocycles. The van der Waals surface area contributed by atoms with E-state index in [1.165, 1.54) is 0 Å². The van der Waals surface area contributed by atoms with Crippen molar-refractivity contribution in [2.75, 3.05) is 26.1 Å². The number of nitrogens with zero attached hydrogens (tertiary/aromatic N) is 3. The molecule has 3 aromatic rings. The van der Waals surface area contributed by atoms with E-state index < -0.39 is 5.97 Å². The van der Waals surface area contributed by atoms with Crippen LogP contribution in [0.4, 0.5) is 5.82 Å². The lowest BCUT2D eigenvalue weighted by Crippen LogP contribution is -2.12. The molecule has 2 heterocycles. The van der Waals surface area contributed by atoms with Gasteiger partial charge in [0, 0.05) is 13.7 Å². The van der Waals surface area contributed by atoms with Crippen molar-refractivity contribution in [2.24, 2.45) is 0 Å². The Kier molecular flexibility index (Phi) is 5.68. The summed E-state index contributed by atoms with van der Waals surface area (Å²) in [6, 6.07) is 7.57. The third-order valence-electron chi connectivity index (χ3n) is 4.30. The Morgan fingerprint density at radius 1 is 1.15 bits per heavy atom. The van der Waals surface area contributed by atoms with Gasteiger partial charge in [0.2, 0.25) is 0 Å². The number of hydrogen-bond donors (Lipinski definition) is 1. The van der Waals surface area contributed by atoms with Crippen molar-refractivity contribution in [3.63, 3.8) is 0 Å². The lowest BCUT2D eigenvalue weighted by atomic mass is 10.2. The molecule has 7 heteroatoms. The maximum Gasteiger partial charge on any atom is 0.344 e. The molecule has 0 amide bonds. The first-order valence-electron chi connectivity index (χ1n) is 8.87. The highest BCUT2D eigenvalue weighted by Gasteiger charge is 2.24.